The molecule has 2 nitrogen and oxygen atoms in total. The maximum atomic E-state index is 13.3. The average molecular weight is 261 g/mol. The second-order valence-corrected chi connectivity index (χ2v) is 5.21. The highest BCUT2D eigenvalue weighted by atomic mass is 32.2. The van der Waals surface area contributed by atoms with Crippen molar-refractivity contribution < 1.29 is 9.13 Å². The fourth-order valence-electron chi connectivity index (χ4n) is 2.04. The van der Waals surface area contributed by atoms with Gasteiger partial charge in [0, 0.05) is 22.8 Å². The quantitative estimate of drug-likeness (QED) is 0.790. The molecule has 1 aromatic heterocycles. The smallest absolute Gasteiger partial charge is 0.255 e. The minimum atomic E-state index is -0.545. The van der Waals surface area contributed by atoms with Crippen molar-refractivity contribution in [3.8, 4) is 5.75 Å². The normalized spacial score (nSPS) is 17.5. The topological polar surface area (TPSA) is 22.1 Å². The number of pyridine rings is 1. The van der Waals surface area contributed by atoms with Gasteiger partial charge in [-0.2, -0.15) is 4.39 Å². The van der Waals surface area contributed by atoms with Gasteiger partial charge in [0.1, 0.15) is 0 Å². The number of thioether (sulfide) groups is 1. The van der Waals surface area contributed by atoms with Crippen LogP contribution in [0.25, 0.3) is 0 Å². The number of ether oxygens (including phenoxy) is 1. The van der Waals surface area contributed by atoms with Crippen molar-refractivity contribution in [2.24, 2.45) is 0 Å². The summed E-state index contributed by atoms with van der Waals surface area (Å²) >= 11 is 1.83. The van der Waals surface area contributed by atoms with Crippen molar-refractivity contribution >= 4 is 11.8 Å². The van der Waals surface area contributed by atoms with Crippen LogP contribution in [0.1, 0.15) is 11.5 Å². The molecule has 1 aliphatic heterocycles. The highest BCUT2D eigenvalue weighted by molar-refractivity contribution is 7.99. The number of benzene rings is 1. The minimum Gasteiger partial charge on any atom is -0.488 e. The molecule has 3 rings (SSSR count). The fraction of sp³-hybridized carbons (Fsp3) is 0.214. The number of nitrogens with zero attached hydrogens (tertiary/aromatic N) is 1. The summed E-state index contributed by atoms with van der Waals surface area (Å²) in [5.41, 5.74) is 1.30. The van der Waals surface area contributed by atoms with Gasteiger partial charge in [0.2, 0.25) is 0 Å². The summed E-state index contributed by atoms with van der Waals surface area (Å²) in [7, 11) is 0. The SMILES string of the molecule is Fc1ncccc1OCC1CSc2ccccc21. The second-order valence-electron chi connectivity index (χ2n) is 4.15. The van der Waals surface area contributed by atoms with E-state index >= 15 is 0 Å². The van der Waals surface area contributed by atoms with Gasteiger partial charge < -0.3 is 4.74 Å². The third kappa shape index (κ3) is 2.20. The molecule has 92 valence electrons. The first-order valence-corrected chi connectivity index (χ1v) is 6.78. The maximum absolute atomic E-state index is 13.3. The molecule has 0 saturated carbocycles. The Morgan fingerprint density at radius 1 is 1.28 bits per heavy atom. The molecule has 0 amide bonds. The average Bonchev–Trinajstić information content (AvgIpc) is 2.81. The first-order chi connectivity index (χ1) is 8.84. The zero-order chi connectivity index (χ0) is 12.4. The second kappa shape index (κ2) is 4.98. The first-order valence-electron chi connectivity index (χ1n) is 5.79. The predicted octanol–water partition coefficient (Wildman–Crippen LogP) is 3.49. The van der Waals surface area contributed by atoms with E-state index in [4.69, 9.17) is 4.74 Å². The Morgan fingerprint density at radius 3 is 3.06 bits per heavy atom. The van der Waals surface area contributed by atoms with Gasteiger partial charge in [0.15, 0.2) is 5.75 Å². The highest BCUT2D eigenvalue weighted by Crippen LogP contribution is 2.39. The Hall–Kier alpha value is -1.55. The van der Waals surface area contributed by atoms with Crippen LogP contribution in [0.3, 0.4) is 0 Å². The van der Waals surface area contributed by atoms with Crippen molar-refractivity contribution in [2.45, 2.75) is 10.8 Å². The van der Waals surface area contributed by atoms with Crippen molar-refractivity contribution in [1.82, 2.24) is 4.98 Å². The Bertz CT molecular complexity index is 561. The van der Waals surface area contributed by atoms with Gasteiger partial charge in [-0.15, -0.1) is 11.8 Å². The van der Waals surface area contributed by atoms with E-state index in [1.807, 2.05) is 23.9 Å². The Labute approximate surface area is 109 Å². The Kier molecular flexibility index (Phi) is 3.19. The minimum absolute atomic E-state index is 0.229. The van der Waals surface area contributed by atoms with Crippen LogP contribution in [0.4, 0.5) is 4.39 Å². The van der Waals surface area contributed by atoms with E-state index in [2.05, 4.69) is 17.1 Å². The van der Waals surface area contributed by atoms with E-state index < -0.39 is 5.95 Å². The molecule has 0 aliphatic carbocycles. The molecular weight excluding hydrogens is 249 g/mol. The van der Waals surface area contributed by atoms with Gasteiger partial charge in [-0.25, -0.2) is 4.98 Å². The number of rotatable bonds is 3. The molecule has 0 radical (unpaired) electrons. The zero-order valence-corrected chi connectivity index (χ0v) is 10.5. The monoisotopic (exact) mass is 261 g/mol. The van der Waals surface area contributed by atoms with E-state index in [0.717, 1.165) is 5.75 Å². The molecule has 1 aliphatic rings. The summed E-state index contributed by atoms with van der Waals surface area (Å²) in [6.07, 6.45) is 1.42. The van der Waals surface area contributed by atoms with Crippen molar-refractivity contribution in [2.75, 3.05) is 12.4 Å². The van der Waals surface area contributed by atoms with Crippen LogP contribution >= 0.6 is 11.8 Å². The van der Waals surface area contributed by atoms with Gasteiger partial charge in [-0.05, 0) is 23.8 Å². The molecule has 1 aromatic carbocycles. The van der Waals surface area contributed by atoms with E-state index in [0.29, 0.717) is 12.5 Å². The van der Waals surface area contributed by atoms with Crippen LogP contribution in [-0.4, -0.2) is 17.3 Å². The highest BCUT2D eigenvalue weighted by Gasteiger charge is 2.23. The molecule has 2 aromatic rings. The lowest BCUT2D eigenvalue weighted by Gasteiger charge is -2.12. The lowest BCUT2D eigenvalue weighted by atomic mass is 10.0. The summed E-state index contributed by atoms with van der Waals surface area (Å²) in [5.74, 6) is 0.996. The van der Waals surface area contributed by atoms with Crippen molar-refractivity contribution in [3.05, 3.63) is 54.1 Å². The van der Waals surface area contributed by atoms with Gasteiger partial charge >= 0.3 is 0 Å². The van der Waals surface area contributed by atoms with Crippen molar-refractivity contribution in [1.29, 1.82) is 0 Å². The molecule has 18 heavy (non-hydrogen) atoms. The molecule has 1 atom stereocenters. The summed E-state index contributed by atoms with van der Waals surface area (Å²) in [4.78, 5) is 4.88. The van der Waals surface area contributed by atoms with Gasteiger partial charge in [0.25, 0.3) is 5.95 Å². The maximum Gasteiger partial charge on any atom is 0.255 e. The molecular formula is C14H12FNOS. The van der Waals surface area contributed by atoms with E-state index in [9.17, 15) is 4.39 Å². The number of hydrogen-bond donors (Lipinski definition) is 0. The molecule has 0 saturated heterocycles. The summed E-state index contributed by atoms with van der Waals surface area (Å²) in [6, 6.07) is 11.6. The third-order valence-electron chi connectivity index (χ3n) is 2.96. The predicted molar refractivity (Wildman–Crippen MR) is 69.6 cm³/mol. The number of aromatic nitrogens is 1. The number of fused-ring (bicyclic) bond motifs is 1. The fourth-order valence-corrected chi connectivity index (χ4v) is 3.27. The van der Waals surface area contributed by atoms with E-state index in [1.165, 1.54) is 16.7 Å². The standard InChI is InChI=1S/C14H12FNOS/c15-14-12(5-3-7-16-14)17-8-10-9-18-13-6-2-1-4-11(10)13/h1-7,10H,8-9H2. The lowest BCUT2D eigenvalue weighted by molar-refractivity contribution is 0.280. The number of hydrogen-bond acceptors (Lipinski definition) is 3. The summed E-state index contributed by atoms with van der Waals surface area (Å²) in [5, 5.41) is 0. The van der Waals surface area contributed by atoms with Gasteiger partial charge in [-0.3, -0.25) is 0 Å². The molecule has 0 spiro atoms. The summed E-state index contributed by atoms with van der Waals surface area (Å²) in [6.45, 7) is 0.493. The zero-order valence-electron chi connectivity index (χ0n) is 9.67. The molecule has 0 bridgehead atoms. The molecule has 0 N–H and O–H groups in total. The molecule has 0 fully saturated rings. The van der Waals surface area contributed by atoms with Crippen LogP contribution in [0, 0.1) is 5.95 Å². The van der Waals surface area contributed by atoms with Crippen LogP contribution in [0.15, 0.2) is 47.5 Å². The third-order valence-corrected chi connectivity index (χ3v) is 4.22. The molecule has 2 heterocycles. The van der Waals surface area contributed by atoms with Gasteiger partial charge in [-0.1, -0.05) is 18.2 Å². The van der Waals surface area contributed by atoms with Crippen LogP contribution in [0.5, 0.6) is 5.75 Å². The van der Waals surface area contributed by atoms with Crippen LogP contribution in [0.2, 0.25) is 0 Å². The van der Waals surface area contributed by atoms with E-state index in [1.54, 1.807) is 12.1 Å². The summed E-state index contributed by atoms with van der Waals surface area (Å²) < 4.78 is 18.8. The van der Waals surface area contributed by atoms with Gasteiger partial charge in [0.05, 0.1) is 6.61 Å². The lowest BCUT2D eigenvalue weighted by Crippen LogP contribution is -2.10. The van der Waals surface area contributed by atoms with Crippen LogP contribution in [-0.2, 0) is 0 Å². The first kappa shape index (κ1) is 11.5. The number of halogens is 1. The Balaban J connectivity index is 1.71. The van der Waals surface area contributed by atoms with Crippen molar-refractivity contribution in [3.63, 3.8) is 0 Å². The van der Waals surface area contributed by atoms with E-state index in [-0.39, 0.29) is 5.75 Å². The molecule has 1 unspecified atom stereocenters. The molecule has 4 heteroatoms. The van der Waals surface area contributed by atoms with Crippen LogP contribution < -0.4 is 4.74 Å². The Morgan fingerprint density at radius 2 is 2.17 bits per heavy atom. The largest absolute Gasteiger partial charge is 0.488 e.